The molecule has 2 N–H and O–H groups in total. The number of aromatic amines is 1. The summed E-state index contributed by atoms with van der Waals surface area (Å²) in [7, 11) is 1.80. The van der Waals surface area contributed by atoms with Crippen LogP contribution in [0.25, 0.3) is 32.9 Å². The fourth-order valence-corrected chi connectivity index (χ4v) is 2.63. The molecule has 4 aromatic rings. The highest BCUT2D eigenvalue weighted by Gasteiger charge is 2.12. The smallest absolute Gasteiger partial charge is 0.157 e. The van der Waals surface area contributed by atoms with Gasteiger partial charge < -0.3 is 10.3 Å². The van der Waals surface area contributed by atoms with Gasteiger partial charge in [0, 0.05) is 52.9 Å². The molecule has 0 fully saturated rings. The van der Waals surface area contributed by atoms with E-state index in [1.165, 1.54) is 6.20 Å². The molecule has 22 heavy (non-hydrogen) atoms. The van der Waals surface area contributed by atoms with Crippen molar-refractivity contribution < 1.29 is 4.39 Å². The van der Waals surface area contributed by atoms with E-state index in [0.29, 0.717) is 11.2 Å². The van der Waals surface area contributed by atoms with Crippen LogP contribution >= 0.6 is 0 Å². The summed E-state index contributed by atoms with van der Waals surface area (Å²) in [5.41, 5.74) is 2.35. The molecule has 0 saturated carbocycles. The monoisotopic (exact) mass is 293 g/mol. The number of aromatic nitrogens is 4. The Balaban J connectivity index is 1.99. The van der Waals surface area contributed by atoms with E-state index in [4.69, 9.17) is 0 Å². The molecule has 0 bridgehead atoms. The molecule has 0 aliphatic rings. The van der Waals surface area contributed by atoms with Crippen molar-refractivity contribution in [3.05, 3.63) is 48.7 Å². The normalized spacial score (nSPS) is 11.2. The van der Waals surface area contributed by atoms with Crippen LogP contribution in [0.5, 0.6) is 0 Å². The predicted molar refractivity (Wildman–Crippen MR) is 84.1 cm³/mol. The number of benzene rings is 1. The fraction of sp³-hybridized carbons (Fsp3) is 0.0625. The molecule has 0 aliphatic heterocycles. The Morgan fingerprint density at radius 3 is 2.86 bits per heavy atom. The molecule has 0 unspecified atom stereocenters. The van der Waals surface area contributed by atoms with Crippen LogP contribution in [-0.2, 0) is 0 Å². The van der Waals surface area contributed by atoms with Crippen LogP contribution in [0, 0.1) is 5.82 Å². The molecule has 1 aromatic carbocycles. The summed E-state index contributed by atoms with van der Waals surface area (Å²) in [6.45, 7) is 0. The first-order chi connectivity index (χ1) is 10.8. The number of nitrogens with zero attached hydrogens (tertiary/aromatic N) is 3. The molecule has 0 radical (unpaired) electrons. The second kappa shape index (κ2) is 4.77. The van der Waals surface area contributed by atoms with Gasteiger partial charge in [-0.05, 0) is 18.2 Å². The second-order valence-corrected chi connectivity index (χ2v) is 4.97. The molecule has 108 valence electrons. The first-order valence-electron chi connectivity index (χ1n) is 6.83. The summed E-state index contributed by atoms with van der Waals surface area (Å²) in [5.74, 6) is 0.422. The van der Waals surface area contributed by atoms with Crippen LogP contribution in [0.2, 0.25) is 0 Å². The highest BCUT2D eigenvalue weighted by molar-refractivity contribution is 6.00. The number of hydrogen-bond donors (Lipinski definition) is 2. The topological polar surface area (TPSA) is 66.5 Å². The van der Waals surface area contributed by atoms with Crippen molar-refractivity contribution in [3.8, 4) is 11.3 Å². The minimum absolute atomic E-state index is 0.257. The van der Waals surface area contributed by atoms with Crippen molar-refractivity contribution in [1.29, 1.82) is 0 Å². The highest BCUT2D eigenvalue weighted by atomic mass is 19.1. The summed E-state index contributed by atoms with van der Waals surface area (Å²) in [6.07, 6.45) is 4.83. The number of fused-ring (bicyclic) bond motifs is 2. The molecule has 3 aromatic heterocycles. The minimum atomic E-state index is -0.257. The third-order valence-corrected chi connectivity index (χ3v) is 3.72. The Morgan fingerprint density at radius 1 is 1.09 bits per heavy atom. The molecule has 5 nitrogen and oxygen atoms in total. The van der Waals surface area contributed by atoms with Gasteiger partial charge in [-0.25, -0.2) is 4.39 Å². The summed E-state index contributed by atoms with van der Waals surface area (Å²) in [6, 6.07) is 7.38. The lowest BCUT2D eigenvalue weighted by atomic mass is 10.0. The highest BCUT2D eigenvalue weighted by Crippen LogP contribution is 2.30. The van der Waals surface area contributed by atoms with Crippen molar-refractivity contribution in [1.82, 2.24) is 20.2 Å². The van der Waals surface area contributed by atoms with Crippen molar-refractivity contribution in [3.63, 3.8) is 0 Å². The third kappa shape index (κ3) is 1.81. The zero-order valence-electron chi connectivity index (χ0n) is 11.8. The third-order valence-electron chi connectivity index (χ3n) is 3.72. The Labute approximate surface area is 125 Å². The first-order valence-corrected chi connectivity index (χ1v) is 6.83. The van der Waals surface area contributed by atoms with Gasteiger partial charge in [-0.3, -0.25) is 4.98 Å². The van der Waals surface area contributed by atoms with E-state index in [0.717, 1.165) is 27.5 Å². The van der Waals surface area contributed by atoms with E-state index in [9.17, 15) is 4.39 Å². The van der Waals surface area contributed by atoms with Crippen LogP contribution in [0.3, 0.4) is 0 Å². The minimum Gasteiger partial charge on any atom is -0.371 e. The van der Waals surface area contributed by atoms with E-state index >= 15 is 0 Å². The summed E-state index contributed by atoms with van der Waals surface area (Å²) < 4.78 is 13.6. The molecule has 0 saturated heterocycles. The molecule has 6 heteroatoms. The zero-order valence-corrected chi connectivity index (χ0v) is 11.8. The second-order valence-electron chi connectivity index (χ2n) is 4.97. The van der Waals surface area contributed by atoms with Gasteiger partial charge in [0.05, 0.1) is 0 Å². The number of pyridine rings is 1. The van der Waals surface area contributed by atoms with Gasteiger partial charge >= 0.3 is 0 Å². The number of halogens is 1. The quantitative estimate of drug-likeness (QED) is 0.595. The Bertz CT molecular complexity index is 992. The lowest BCUT2D eigenvalue weighted by Crippen LogP contribution is -1.98. The molecule has 0 aliphatic carbocycles. The number of hydrogen-bond acceptors (Lipinski definition) is 4. The van der Waals surface area contributed by atoms with E-state index in [-0.39, 0.29) is 5.82 Å². The van der Waals surface area contributed by atoms with Gasteiger partial charge in [0.1, 0.15) is 11.5 Å². The van der Waals surface area contributed by atoms with Crippen LogP contribution < -0.4 is 5.32 Å². The average Bonchev–Trinajstić information content (AvgIpc) is 2.94. The van der Waals surface area contributed by atoms with Gasteiger partial charge in [0.25, 0.3) is 0 Å². The number of anilines is 1. The van der Waals surface area contributed by atoms with Crippen molar-refractivity contribution in [2.45, 2.75) is 0 Å². The van der Waals surface area contributed by atoms with Crippen LogP contribution in [-0.4, -0.2) is 27.2 Å². The van der Waals surface area contributed by atoms with E-state index in [1.807, 2.05) is 18.2 Å². The number of H-pyrrole nitrogens is 1. The van der Waals surface area contributed by atoms with Crippen LogP contribution in [0.15, 0.2) is 42.9 Å². The lowest BCUT2D eigenvalue weighted by Gasteiger charge is -2.08. The Morgan fingerprint density at radius 2 is 2.00 bits per heavy atom. The Kier molecular flexibility index (Phi) is 2.75. The van der Waals surface area contributed by atoms with Crippen molar-refractivity contribution in [2.75, 3.05) is 12.4 Å². The number of rotatable bonds is 2. The van der Waals surface area contributed by atoms with Gasteiger partial charge in [0.2, 0.25) is 0 Å². The zero-order chi connectivity index (χ0) is 15.1. The molecule has 4 rings (SSSR count). The standard InChI is InChI=1S/C16H12FN5/c1-18-16-12-7-19-5-4-10(12)15(21-22-16)9-2-3-11-13(17)8-20-14(11)6-9/h2-8,20H,1H3,(H,18,22). The SMILES string of the molecule is CNc1nnc(-c2ccc3c(F)c[nH]c3c2)c2ccncc12. The first kappa shape index (κ1) is 12.7. The largest absolute Gasteiger partial charge is 0.371 e. The van der Waals surface area contributed by atoms with E-state index in [1.54, 1.807) is 25.5 Å². The van der Waals surface area contributed by atoms with Gasteiger partial charge in [-0.15, -0.1) is 10.2 Å². The van der Waals surface area contributed by atoms with Crippen molar-refractivity contribution >= 4 is 27.5 Å². The molecule has 0 amide bonds. The van der Waals surface area contributed by atoms with Gasteiger partial charge in [-0.1, -0.05) is 6.07 Å². The van der Waals surface area contributed by atoms with Crippen molar-refractivity contribution in [2.24, 2.45) is 0 Å². The molecular formula is C16H12FN5. The summed E-state index contributed by atoms with van der Waals surface area (Å²) >= 11 is 0. The summed E-state index contributed by atoms with van der Waals surface area (Å²) in [5, 5.41) is 13.9. The van der Waals surface area contributed by atoms with Gasteiger partial charge in [-0.2, -0.15) is 0 Å². The molecular weight excluding hydrogens is 281 g/mol. The molecule has 0 atom stereocenters. The van der Waals surface area contributed by atoms with E-state index < -0.39 is 0 Å². The molecule has 0 spiro atoms. The fourth-order valence-electron chi connectivity index (χ4n) is 2.63. The van der Waals surface area contributed by atoms with Crippen LogP contribution in [0.1, 0.15) is 0 Å². The Hall–Kier alpha value is -3.02. The van der Waals surface area contributed by atoms with Crippen LogP contribution in [0.4, 0.5) is 10.2 Å². The summed E-state index contributed by atoms with van der Waals surface area (Å²) in [4.78, 5) is 7.07. The maximum Gasteiger partial charge on any atom is 0.157 e. The lowest BCUT2D eigenvalue weighted by molar-refractivity contribution is 0.639. The van der Waals surface area contributed by atoms with Gasteiger partial charge in [0.15, 0.2) is 5.82 Å². The number of nitrogens with one attached hydrogen (secondary N) is 2. The maximum atomic E-state index is 13.6. The maximum absolute atomic E-state index is 13.6. The molecule has 3 heterocycles. The average molecular weight is 293 g/mol. The van der Waals surface area contributed by atoms with E-state index in [2.05, 4.69) is 25.5 Å². The predicted octanol–water partition coefficient (Wildman–Crippen LogP) is 3.35.